The monoisotopic (exact) mass is 397 g/mol. The van der Waals surface area contributed by atoms with E-state index in [-0.39, 0.29) is 6.04 Å². The van der Waals surface area contributed by atoms with Gasteiger partial charge in [-0.3, -0.25) is 0 Å². The van der Waals surface area contributed by atoms with Gasteiger partial charge in [0.1, 0.15) is 0 Å². The molecule has 156 valence electrons. The van der Waals surface area contributed by atoms with Crippen molar-refractivity contribution in [2.24, 2.45) is 0 Å². The number of methoxy groups -OCH3 is 3. The Labute approximate surface area is 172 Å². The van der Waals surface area contributed by atoms with Crippen LogP contribution in [0.1, 0.15) is 42.6 Å². The fourth-order valence-corrected chi connectivity index (χ4v) is 3.71. The van der Waals surface area contributed by atoms with Crippen LogP contribution in [0.15, 0.2) is 24.4 Å². The molecular formula is C23H31N3O3. The van der Waals surface area contributed by atoms with Gasteiger partial charge in [0.15, 0.2) is 0 Å². The number of hydrogen-bond donors (Lipinski definition) is 0. The molecule has 3 aromatic heterocycles. The minimum Gasteiger partial charge on any atom is -0.480 e. The second-order valence-corrected chi connectivity index (χ2v) is 7.75. The van der Waals surface area contributed by atoms with E-state index in [1.54, 1.807) is 21.3 Å². The van der Waals surface area contributed by atoms with Crippen molar-refractivity contribution in [1.29, 1.82) is 0 Å². The zero-order valence-electron chi connectivity index (χ0n) is 18.4. The molecule has 29 heavy (non-hydrogen) atoms. The van der Waals surface area contributed by atoms with E-state index in [0.717, 1.165) is 39.1 Å². The molecule has 0 aliphatic rings. The van der Waals surface area contributed by atoms with Crippen LogP contribution in [0.5, 0.6) is 5.88 Å². The predicted octanol–water partition coefficient (Wildman–Crippen LogP) is 4.68. The van der Waals surface area contributed by atoms with Gasteiger partial charge in [0.25, 0.3) is 0 Å². The van der Waals surface area contributed by atoms with Crippen LogP contribution in [0, 0.1) is 13.8 Å². The van der Waals surface area contributed by atoms with Gasteiger partial charge in [0, 0.05) is 26.1 Å². The molecule has 3 rings (SSSR count). The third-order valence-corrected chi connectivity index (χ3v) is 5.21. The summed E-state index contributed by atoms with van der Waals surface area (Å²) < 4.78 is 18.6. The van der Waals surface area contributed by atoms with E-state index in [1.807, 2.05) is 0 Å². The molecule has 0 unspecified atom stereocenters. The number of aryl methyl sites for hydroxylation is 2. The summed E-state index contributed by atoms with van der Waals surface area (Å²) in [5.74, 6) is 0.948. The molecule has 0 radical (unpaired) electrons. The molecule has 0 atom stereocenters. The second kappa shape index (κ2) is 8.93. The van der Waals surface area contributed by atoms with Gasteiger partial charge >= 0.3 is 0 Å². The molecule has 0 amide bonds. The summed E-state index contributed by atoms with van der Waals surface area (Å²) in [7, 11) is 5.08. The van der Waals surface area contributed by atoms with Gasteiger partial charge < -0.3 is 18.8 Å². The van der Waals surface area contributed by atoms with E-state index in [0.29, 0.717) is 25.0 Å². The first-order valence-corrected chi connectivity index (χ1v) is 9.93. The normalized spacial score (nSPS) is 11.8. The van der Waals surface area contributed by atoms with E-state index in [2.05, 4.69) is 56.7 Å². The lowest BCUT2D eigenvalue weighted by molar-refractivity contribution is 0.0913. The third kappa shape index (κ3) is 4.14. The first kappa shape index (κ1) is 21.3. The Morgan fingerprint density at radius 3 is 2.24 bits per heavy atom. The summed E-state index contributed by atoms with van der Waals surface area (Å²) in [6.45, 7) is 9.56. The molecule has 0 fully saturated rings. The summed E-state index contributed by atoms with van der Waals surface area (Å²) in [5.41, 5.74) is 7.05. The van der Waals surface area contributed by atoms with Crippen molar-refractivity contribution >= 4 is 11.0 Å². The highest BCUT2D eigenvalue weighted by molar-refractivity contribution is 5.85. The highest BCUT2D eigenvalue weighted by Gasteiger charge is 2.20. The number of nitrogens with zero attached hydrogens (tertiary/aromatic N) is 3. The number of hydrogen-bond acceptors (Lipinski definition) is 5. The smallest absolute Gasteiger partial charge is 0.222 e. The number of ether oxygens (including phenoxy) is 3. The summed E-state index contributed by atoms with van der Waals surface area (Å²) in [6.07, 6.45) is 2.13. The van der Waals surface area contributed by atoms with Gasteiger partial charge in [0.05, 0.1) is 48.7 Å². The lowest BCUT2D eigenvalue weighted by Crippen LogP contribution is -2.19. The zero-order chi connectivity index (χ0) is 21.1. The highest BCUT2D eigenvalue weighted by atomic mass is 16.5. The maximum atomic E-state index is 5.61. The number of rotatable bonds is 8. The van der Waals surface area contributed by atoms with Gasteiger partial charge in [-0.1, -0.05) is 13.8 Å². The van der Waals surface area contributed by atoms with Crippen LogP contribution in [0.25, 0.3) is 22.3 Å². The minimum atomic E-state index is 0.0924. The average molecular weight is 398 g/mol. The second-order valence-electron chi connectivity index (χ2n) is 7.75. The summed E-state index contributed by atoms with van der Waals surface area (Å²) in [6, 6.07) is 6.39. The zero-order valence-corrected chi connectivity index (χ0v) is 18.4. The SMILES string of the molecule is COCC(COC)n1cc(C)c2nc(-c3ccc(C(C)C)nc3OC)c(C)cc21. The maximum Gasteiger partial charge on any atom is 0.222 e. The Morgan fingerprint density at radius 1 is 0.966 bits per heavy atom. The molecule has 0 spiro atoms. The summed E-state index contributed by atoms with van der Waals surface area (Å²) in [5, 5.41) is 0. The molecule has 0 saturated heterocycles. The molecule has 6 nitrogen and oxygen atoms in total. The summed E-state index contributed by atoms with van der Waals surface area (Å²) in [4.78, 5) is 9.72. The largest absolute Gasteiger partial charge is 0.480 e. The van der Waals surface area contributed by atoms with Crippen molar-refractivity contribution < 1.29 is 14.2 Å². The first-order valence-electron chi connectivity index (χ1n) is 9.93. The lowest BCUT2D eigenvalue weighted by atomic mass is 10.0. The van der Waals surface area contributed by atoms with Gasteiger partial charge in [-0.05, 0) is 49.1 Å². The topological polar surface area (TPSA) is 58.4 Å². The number of aromatic nitrogens is 3. The van der Waals surface area contributed by atoms with E-state index in [1.165, 1.54) is 0 Å². The van der Waals surface area contributed by atoms with E-state index in [9.17, 15) is 0 Å². The van der Waals surface area contributed by atoms with Crippen LogP contribution in [-0.2, 0) is 9.47 Å². The van der Waals surface area contributed by atoms with Crippen molar-refractivity contribution in [3.8, 4) is 17.1 Å². The van der Waals surface area contributed by atoms with E-state index in [4.69, 9.17) is 24.2 Å². The van der Waals surface area contributed by atoms with Crippen molar-refractivity contribution in [3.63, 3.8) is 0 Å². The van der Waals surface area contributed by atoms with Gasteiger partial charge in [-0.2, -0.15) is 0 Å². The van der Waals surface area contributed by atoms with Crippen LogP contribution >= 0.6 is 0 Å². The molecule has 3 heterocycles. The maximum absolute atomic E-state index is 5.61. The lowest BCUT2D eigenvalue weighted by Gasteiger charge is -2.19. The third-order valence-electron chi connectivity index (χ3n) is 5.21. The van der Waals surface area contributed by atoms with Crippen LogP contribution in [0.2, 0.25) is 0 Å². The van der Waals surface area contributed by atoms with Gasteiger partial charge in [0.2, 0.25) is 5.88 Å². The first-order chi connectivity index (χ1) is 13.9. The van der Waals surface area contributed by atoms with Crippen molar-refractivity contribution in [3.05, 3.63) is 41.2 Å². The average Bonchev–Trinajstić information content (AvgIpc) is 3.02. The molecule has 6 heteroatoms. The number of pyridine rings is 2. The summed E-state index contributed by atoms with van der Waals surface area (Å²) >= 11 is 0. The van der Waals surface area contributed by atoms with Crippen LogP contribution in [0.3, 0.4) is 0 Å². The van der Waals surface area contributed by atoms with Crippen LogP contribution in [0.4, 0.5) is 0 Å². The van der Waals surface area contributed by atoms with Crippen LogP contribution in [-0.4, -0.2) is 49.1 Å². The Morgan fingerprint density at radius 2 is 1.66 bits per heavy atom. The van der Waals surface area contributed by atoms with Gasteiger partial charge in [-0.15, -0.1) is 0 Å². The number of fused-ring (bicyclic) bond motifs is 1. The quantitative estimate of drug-likeness (QED) is 0.552. The molecule has 0 bridgehead atoms. The minimum absolute atomic E-state index is 0.0924. The predicted molar refractivity (Wildman–Crippen MR) is 116 cm³/mol. The molecule has 0 saturated carbocycles. The molecule has 0 aromatic carbocycles. The van der Waals surface area contributed by atoms with Crippen molar-refractivity contribution in [1.82, 2.24) is 14.5 Å². The Balaban J connectivity index is 2.15. The van der Waals surface area contributed by atoms with E-state index >= 15 is 0 Å². The van der Waals surface area contributed by atoms with Crippen molar-refractivity contribution in [2.75, 3.05) is 34.5 Å². The van der Waals surface area contributed by atoms with E-state index < -0.39 is 0 Å². The Bertz CT molecular complexity index is 989. The molecule has 0 aliphatic carbocycles. The molecule has 0 aliphatic heterocycles. The highest BCUT2D eigenvalue weighted by Crippen LogP contribution is 2.34. The molecule has 3 aromatic rings. The standard InChI is InChI=1S/C23H31N3O3/c1-14(2)19-9-8-18(23(24-19)29-7)21-15(3)10-20-22(25-21)16(4)11-26(20)17(12-27-5)13-28-6/h8-11,14,17H,12-13H2,1-7H3. The van der Waals surface area contributed by atoms with Gasteiger partial charge in [-0.25, -0.2) is 9.97 Å². The fraction of sp³-hybridized carbons (Fsp3) is 0.478. The molecular weight excluding hydrogens is 366 g/mol. The molecule has 0 N–H and O–H groups in total. The van der Waals surface area contributed by atoms with Crippen LogP contribution < -0.4 is 4.74 Å². The fourth-order valence-electron chi connectivity index (χ4n) is 3.71. The Hall–Kier alpha value is -2.44. The Kier molecular flexibility index (Phi) is 6.55. The van der Waals surface area contributed by atoms with Crippen molar-refractivity contribution in [2.45, 2.75) is 39.7 Å².